The Labute approximate surface area is 121 Å². The normalized spacial score (nSPS) is 10.3. The van der Waals surface area contributed by atoms with E-state index < -0.39 is 0 Å². The molecule has 2 rings (SSSR count). The predicted molar refractivity (Wildman–Crippen MR) is 77.8 cm³/mol. The van der Waals surface area contributed by atoms with Crippen molar-refractivity contribution in [2.75, 3.05) is 5.32 Å². The van der Waals surface area contributed by atoms with E-state index in [0.717, 1.165) is 11.1 Å². The Bertz CT molecular complexity index is 614. The van der Waals surface area contributed by atoms with Crippen LogP contribution in [0.4, 0.5) is 5.69 Å². The van der Waals surface area contributed by atoms with Crippen molar-refractivity contribution in [2.45, 2.75) is 13.3 Å². The highest BCUT2D eigenvalue weighted by Crippen LogP contribution is 2.17. The van der Waals surface area contributed by atoms with Crippen LogP contribution in [0.2, 0.25) is 10.2 Å². The third-order valence-corrected chi connectivity index (χ3v) is 3.18. The van der Waals surface area contributed by atoms with Crippen molar-refractivity contribution in [3.05, 3.63) is 57.8 Å². The summed E-state index contributed by atoms with van der Waals surface area (Å²) in [5, 5.41) is 3.83. The summed E-state index contributed by atoms with van der Waals surface area (Å²) in [5.41, 5.74) is 2.32. The third-order valence-electron chi connectivity index (χ3n) is 2.55. The molecule has 0 fully saturated rings. The lowest BCUT2D eigenvalue weighted by molar-refractivity contribution is -0.115. The minimum atomic E-state index is -0.120. The van der Waals surface area contributed by atoms with E-state index in [2.05, 4.69) is 10.3 Å². The summed E-state index contributed by atoms with van der Waals surface area (Å²) < 4.78 is 0. The van der Waals surface area contributed by atoms with Crippen LogP contribution in [0.15, 0.2) is 36.5 Å². The van der Waals surface area contributed by atoms with Gasteiger partial charge in [-0.05, 0) is 36.2 Å². The van der Waals surface area contributed by atoms with Crippen LogP contribution < -0.4 is 5.32 Å². The Kier molecular flexibility index (Phi) is 4.40. The van der Waals surface area contributed by atoms with Gasteiger partial charge in [-0.1, -0.05) is 35.3 Å². The minimum absolute atomic E-state index is 0.120. The molecule has 0 radical (unpaired) electrons. The highest BCUT2D eigenvalue weighted by molar-refractivity contribution is 6.30. The number of aromatic nitrogens is 1. The molecule has 1 amide bonds. The van der Waals surface area contributed by atoms with E-state index in [-0.39, 0.29) is 12.3 Å². The zero-order valence-electron chi connectivity index (χ0n) is 10.3. The summed E-state index contributed by atoms with van der Waals surface area (Å²) in [6.45, 7) is 1.84. The van der Waals surface area contributed by atoms with Gasteiger partial charge in [0.05, 0.1) is 18.3 Å². The topological polar surface area (TPSA) is 42.0 Å². The summed E-state index contributed by atoms with van der Waals surface area (Å²) >= 11 is 11.7. The van der Waals surface area contributed by atoms with Crippen molar-refractivity contribution in [2.24, 2.45) is 0 Å². The first kappa shape index (κ1) is 13.8. The second-order valence-corrected chi connectivity index (χ2v) is 4.98. The van der Waals surface area contributed by atoms with Crippen LogP contribution in [0.3, 0.4) is 0 Å². The lowest BCUT2D eigenvalue weighted by Gasteiger charge is -2.06. The molecule has 5 heteroatoms. The van der Waals surface area contributed by atoms with Gasteiger partial charge in [-0.15, -0.1) is 0 Å². The molecule has 0 unspecified atom stereocenters. The van der Waals surface area contributed by atoms with Gasteiger partial charge >= 0.3 is 0 Å². The average Bonchev–Trinajstić information content (AvgIpc) is 2.34. The second kappa shape index (κ2) is 6.04. The predicted octanol–water partition coefficient (Wildman–Crippen LogP) is 3.88. The fraction of sp³-hybridized carbons (Fsp3) is 0.143. The van der Waals surface area contributed by atoms with E-state index in [1.54, 1.807) is 18.2 Å². The van der Waals surface area contributed by atoms with Gasteiger partial charge in [-0.25, -0.2) is 4.98 Å². The molecule has 3 nitrogen and oxygen atoms in total. The molecule has 1 heterocycles. The molecule has 0 spiro atoms. The van der Waals surface area contributed by atoms with Gasteiger partial charge in [-0.3, -0.25) is 4.79 Å². The number of nitrogens with one attached hydrogen (secondary N) is 1. The number of halogens is 2. The number of anilines is 1. The standard InChI is InChI=1S/C14H12Cl2N2O/c1-9-5-12(8-17-14(9)16)18-13(19)7-10-3-2-4-11(15)6-10/h2-6,8H,7H2,1H3,(H,18,19). The Hall–Kier alpha value is -1.58. The van der Waals surface area contributed by atoms with Crippen molar-refractivity contribution < 1.29 is 4.79 Å². The molecule has 0 aliphatic heterocycles. The highest BCUT2D eigenvalue weighted by atomic mass is 35.5. The van der Waals surface area contributed by atoms with Crippen LogP contribution in [0.5, 0.6) is 0 Å². The number of nitrogens with zero attached hydrogens (tertiary/aromatic N) is 1. The average molecular weight is 295 g/mol. The third kappa shape index (κ3) is 3.94. The van der Waals surface area contributed by atoms with Gasteiger partial charge in [0.1, 0.15) is 5.15 Å². The van der Waals surface area contributed by atoms with Gasteiger partial charge in [0.25, 0.3) is 0 Å². The molecule has 0 saturated carbocycles. The summed E-state index contributed by atoms with van der Waals surface area (Å²) in [7, 11) is 0. The van der Waals surface area contributed by atoms with Crippen molar-refractivity contribution >= 4 is 34.8 Å². The molecule has 2 aromatic rings. The van der Waals surface area contributed by atoms with Crippen LogP contribution in [-0.2, 0) is 11.2 Å². The Balaban J connectivity index is 2.03. The molecular formula is C14H12Cl2N2O. The Morgan fingerprint density at radius 2 is 2.11 bits per heavy atom. The van der Waals surface area contributed by atoms with Crippen LogP contribution in [0.25, 0.3) is 0 Å². The monoisotopic (exact) mass is 294 g/mol. The zero-order chi connectivity index (χ0) is 13.8. The smallest absolute Gasteiger partial charge is 0.228 e. The highest BCUT2D eigenvalue weighted by Gasteiger charge is 2.06. The number of hydrogen-bond donors (Lipinski definition) is 1. The Morgan fingerprint density at radius 3 is 2.79 bits per heavy atom. The fourth-order valence-electron chi connectivity index (χ4n) is 1.66. The second-order valence-electron chi connectivity index (χ2n) is 4.19. The van der Waals surface area contributed by atoms with E-state index in [1.807, 2.05) is 19.1 Å². The van der Waals surface area contributed by atoms with Gasteiger partial charge in [0.2, 0.25) is 5.91 Å². The van der Waals surface area contributed by atoms with E-state index in [4.69, 9.17) is 23.2 Å². The molecule has 1 aromatic heterocycles. The van der Waals surface area contributed by atoms with Crippen LogP contribution >= 0.6 is 23.2 Å². The molecule has 0 aliphatic rings. The molecule has 1 N–H and O–H groups in total. The number of rotatable bonds is 3. The number of pyridine rings is 1. The first-order chi connectivity index (χ1) is 9.04. The van der Waals surface area contributed by atoms with Crippen LogP contribution in [0.1, 0.15) is 11.1 Å². The number of benzene rings is 1. The maximum Gasteiger partial charge on any atom is 0.228 e. The summed E-state index contributed by atoms with van der Waals surface area (Å²) in [6, 6.07) is 9.00. The summed E-state index contributed by atoms with van der Waals surface area (Å²) in [6.07, 6.45) is 1.80. The van der Waals surface area contributed by atoms with Gasteiger partial charge in [-0.2, -0.15) is 0 Å². The van der Waals surface area contributed by atoms with E-state index >= 15 is 0 Å². The maximum atomic E-state index is 11.9. The van der Waals surface area contributed by atoms with Crippen molar-refractivity contribution in [3.8, 4) is 0 Å². The molecule has 98 valence electrons. The molecule has 0 saturated heterocycles. The summed E-state index contributed by atoms with van der Waals surface area (Å²) in [5.74, 6) is -0.120. The molecular weight excluding hydrogens is 283 g/mol. The Morgan fingerprint density at radius 1 is 1.32 bits per heavy atom. The SMILES string of the molecule is Cc1cc(NC(=O)Cc2cccc(Cl)c2)cnc1Cl. The lowest BCUT2D eigenvalue weighted by Crippen LogP contribution is -2.14. The molecule has 0 atom stereocenters. The van der Waals surface area contributed by atoms with Crippen molar-refractivity contribution in [1.82, 2.24) is 4.98 Å². The minimum Gasteiger partial charge on any atom is -0.324 e. The van der Waals surface area contributed by atoms with E-state index in [9.17, 15) is 4.79 Å². The van der Waals surface area contributed by atoms with Gasteiger partial charge < -0.3 is 5.32 Å². The van der Waals surface area contributed by atoms with Gasteiger partial charge in [0.15, 0.2) is 0 Å². The van der Waals surface area contributed by atoms with E-state index in [0.29, 0.717) is 15.9 Å². The fourth-order valence-corrected chi connectivity index (χ4v) is 1.98. The quantitative estimate of drug-likeness (QED) is 0.873. The molecule has 1 aromatic carbocycles. The van der Waals surface area contributed by atoms with Crippen LogP contribution in [0, 0.1) is 6.92 Å². The maximum absolute atomic E-state index is 11.9. The van der Waals surface area contributed by atoms with Crippen molar-refractivity contribution in [1.29, 1.82) is 0 Å². The lowest BCUT2D eigenvalue weighted by atomic mass is 10.1. The summed E-state index contributed by atoms with van der Waals surface area (Å²) in [4.78, 5) is 15.9. The largest absolute Gasteiger partial charge is 0.324 e. The first-order valence-corrected chi connectivity index (χ1v) is 6.46. The number of carbonyl (C=O) groups is 1. The number of aryl methyl sites for hydroxylation is 1. The molecule has 19 heavy (non-hydrogen) atoms. The van der Waals surface area contributed by atoms with Gasteiger partial charge in [0, 0.05) is 5.02 Å². The zero-order valence-corrected chi connectivity index (χ0v) is 11.8. The number of hydrogen-bond acceptors (Lipinski definition) is 2. The number of amides is 1. The van der Waals surface area contributed by atoms with E-state index in [1.165, 1.54) is 6.20 Å². The van der Waals surface area contributed by atoms with Crippen molar-refractivity contribution in [3.63, 3.8) is 0 Å². The van der Waals surface area contributed by atoms with Crippen LogP contribution in [-0.4, -0.2) is 10.9 Å². The number of carbonyl (C=O) groups excluding carboxylic acids is 1. The molecule has 0 aliphatic carbocycles. The first-order valence-electron chi connectivity index (χ1n) is 5.71. The molecule has 0 bridgehead atoms.